The molecule has 1 fully saturated rings. The quantitative estimate of drug-likeness (QED) is 0.755. The molecule has 0 aliphatic carbocycles. The molecule has 24 heavy (non-hydrogen) atoms. The molecule has 2 rings (SSSR count). The summed E-state index contributed by atoms with van der Waals surface area (Å²) in [7, 11) is 2.45. The van der Waals surface area contributed by atoms with Gasteiger partial charge in [-0.1, -0.05) is 37.6 Å². The molecule has 1 aromatic carbocycles. The zero-order chi connectivity index (χ0) is 17.9. The van der Waals surface area contributed by atoms with Crippen LogP contribution in [0.3, 0.4) is 0 Å². The minimum atomic E-state index is -1.25. The molecule has 6 nitrogen and oxygen atoms in total. The van der Waals surface area contributed by atoms with Gasteiger partial charge in [0.05, 0.1) is 14.2 Å². The molecule has 132 valence electrons. The van der Waals surface area contributed by atoms with E-state index in [1.807, 2.05) is 13.8 Å². The molecule has 0 N–H and O–H groups in total. The Morgan fingerprint density at radius 3 is 1.92 bits per heavy atom. The maximum atomic E-state index is 12.0. The van der Waals surface area contributed by atoms with Crippen LogP contribution in [0.2, 0.25) is 5.02 Å². The predicted octanol–water partition coefficient (Wildman–Crippen LogP) is 2.67. The topological polar surface area (TPSA) is 71.1 Å². The van der Waals surface area contributed by atoms with E-state index >= 15 is 0 Å². The molecule has 0 amide bonds. The molecule has 0 unspecified atom stereocenters. The van der Waals surface area contributed by atoms with E-state index in [1.54, 1.807) is 24.3 Å². The third-order valence-electron chi connectivity index (χ3n) is 3.74. The Morgan fingerprint density at radius 1 is 1.08 bits per heavy atom. The highest BCUT2D eigenvalue weighted by molar-refractivity contribution is 6.30. The number of methoxy groups -OCH3 is 2. The number of halogens is 1. The van der Waals surface area contributed by atoms with Crippen LogP contribution >= 0.6 is 11.6 Å². The first kappa shape index (κ1) is 18.7. The molecule has 0 aromatic heterocycles. The van der Waals surface area contributed by atoms with Crippen molar-refractivity contribution in [3.63, 3.8) is 0 Å². The number of hydrogen-bond acceptors (Lipinski definition) is 6. The molecule has 1 aromatic rings. The highest BCUT2D eigenvalue weighted by Gasteiger charge is 2.55. The SMILES string of the molecule is COC(=O)[C@@H]1OC(CC(C)C)(c2ccc(Cl)cc2)O[C@H]1C(=O)OC. The van der Waals surface area contributed by atoms with E-state index in [-0.39, 0.29) is 5.92 Å². The Labute approximate surface area is 146 Å². The monoisotopic (exact) mass is 356 g/mol. The van der Waals surface area contributed by atoms with Gasteiger partial charge in [-0.25, -0.2) is 9.59 Å². The van der Waals surface area contributed by atoms with E-state index in [1.165, 1.54) is 14.2 Å². The number of esters is 2. The summed E-state index contributed by atoms with van der Waals surface area (Å²) >= 11 is 5.94. The van der Waals surface area contributed by atoms with Crippen LogP contribution in [0.1, 0.15) is 25.8 Å². The van der Waals surface area contributed by atoms with Crippen molar-refractivity contribution in [1.82, 2.24) is 0 Å². The summed E-state index contributed by atoms with van der Waals surface area (Å²) in [4.78, 5) is 24.1. The molecule has 1 heterocycles. The van der Waals surface area contributed by atoms with Gasteiger partial charge < -0.3 is 18.9 Å². The van der Waals surface area contributed by atoms with Gasteiger partial charge in [-0.15, -0.1) is 0 Å². The summed E-state index contributed by atoms with van der Waals surface area (Å²) in [5.41, 5.74) is 0.668. The maximum absolute atomic E-state index is 12.0. The van der Waals surface area contributed by atoms with Gasteiger partial charge in [0.15, 0.2) is 18.0 Å². The maximum Gasteiger partial charge on any atom is 0.338 e. The summed E-state index contributed by atoms with van der Waals surface area (Å²) in [6.07, 6.45) is -1.95. The highest BCUT2D eigenvalue weighted by atomic mass is 35.5. The molecule has 0 spiro atoms. The van der Waals surface area contributed by atoms with Crippen LogP contribution in [0.25, 0.3) is 0 Å². The van der Waals surface area contributed by atoms with Crippen LogP contribution < -0.4 is 0 Å². The van der Waals surface area contributed by atoms with Crippen LogP contribution in [0.4, 0.5) is 0 Å². The van der Waals surface area contributed by atoms with E-state index in [0.29, 0.717) is 17.0 Å². The van der Waals surface area contributed by atoms with Crippen molar-refractivity contribution in [2.24, 2.45) is 5.92 Å². The number of ether oxygens (including phenoxy) is 4. The van der Waals surface area contributed by atoms with Gasteiger partial charge in [-0.05, 0) is 18.1 Å². The second-order valence-corrected chi connectivity index (χ2v) is 6.42. The highest BCUT2D eigenvalue weighted by Crippen LogP contribution is 2.43. The van der Waals surface area contributed by atoms with Crippen LogP contribution in [-0.2, 0) is 34.3 Å². The van der Waals surface area contributed by atoms with Crippen molar-refractivity contribution < 1.29 is 28.5 Å². The van der Waals surface area contributed by atoms with Gasteiger partial charge in [0.25, 0.3) is 0 Å². The minimum Gasteiger partial charge on any atom is -0.467 e. The van der Waals surface area contributed by atoms with Crippen molar-refractivity contribution in [1.29, 1.82) is 0 Å². The first-order chi connectivity index (χ1) is 11.3. The van der Waals surface area contributed by atoms with Crippen molar-refractivity contribution in [3.05, 3.63) is 34.9 Å². The van der Waals surface area contributed by atoms with Crippen molar-refractivity contribution >= 4 is 23.5 Å². The smallest absolute Gasteiger partial charge is 0.338 e. The number of benzene rings is 1. The average Bonchev–Trinajstić information content (AvgIpc) is 2.93. The zero-order valence-corrected chi connectivity index (χ0v) is 14.8. The van der Waals surface area contributed by atoms with E-state index in [0.717, 1.165) is 0 Å². The van der Waals surface area contributed by atoms with E-state index in [9.17, 15) is 9.59 Å². The molecule has 0 saturated carbocycles. The van der Waals surface area contributed by atoms with Crippen molar-refractivity contribution in [3.8, 4) is 0 Å². The second-order valence-electron chi connectivity index (χ2n) is 5.98. The fourth-order valence-electron chi connectivity index (χ4n) is 2.73. The largest absolute Gasteiger partial charge is 0.467 e. The van der Waals surface area contributed by atoms with Gasteiger partial charge in [0.2, 0.25) is 0 Å². The van der Waals surface area contributed by atoms with Gasteiger partial charge in [0.1, 0.15) is 0 Å². The van der Waals surface area contributed by atoms with Crippen molar-refractivity contribution in [2.75, 3.05) is 14.2 Å². The van der Waals surface area contributed by atoms with E-state index in [2.05, 4.69) is 0 Å². The van der Waals surface area contributed by atoms with Crippen LogP contribution in [-0.4, -0.2) is 38.4 Å². The average molecular weight is 357 g/mol. The fourth-order valence-corrected chi connectivity index (χ4v) is 2.85. The van der Waals surface area contributed by atoms with Crippen LogP contribution in [0.5, 0.6) is 0 Å². The second kappa shape index (κ2) is 7.51. The number of hydrogen-bond donors (Lipinski definition) is 0. The molecule has 1 saturated heterocycles. The standard InChI is InChI=1S/C17H21ClO6/c1-10(2)9-17(11-5-7-12(18)8-6-11)23-13(15(19)21-3)14(24-17)16(20)22-4/h5-8,10,13-14H,9H2,1-4H3/t13-,14-/m1/s1. The first-order valence-electron chi connectivity index (χ1n) is 7.60. The van der Waals surface area contributed by atoms with E-state index in [4.69, 9.17) is 30.5 Å². The van der Waals surface area contributed by atoms with Gasteiger partial charge in [-0.3, -0.25) is 0 Å². The molecule has 2 atom stereocenters. The van der Waals surface area contributed by atoms with E-state index < -0.39 is 29.9 Å². The van der Waals surface area contributed by atoms with Gasteiger partial charge in [-0.2, -0.15) is 0 Å². The Hall–Kier alpha value is -1.63. The molecule has 0 radical (unpaired) electrons. The van der Waals surface area contributed by atoms with Crippen LogP contribution in [0.15, 0.2) is 24.3 Å². The molecular weight excluding hydrogens is 336 g/mol. The fraction of sp³-hybridized carbons (Fsp3) is 0.529. The summed E-state index contributed by atoms with van der Waals surface area (Å²) in [5.74, 6) is -2.46. The summed E-state index contributed by atoms with van der Waals surface area (Å²) in [5, 5.41) is 0.561. The van der Waals surface area contributed by atoms with Gasteiger partial charge in [0, 0.05) is 17.0 Å². The Balaban J connectivity index is 2.45. The third kappa shape index (κ3) is 3.71. The lowest BCUT2D eigenvalue weighted by atomic mass is 9.95. The molecule has 7 heteroatoms. The number of carbonyl (C=O) groups is 2. The lowest BCUT2D eigenvalue weighted by Crippen LogP contribution is -2.38. The number of carbonyl (C=O) groups excluding carboxylic acids is 2. The summed E-state index contributed by atoms with van der Waals surface area (Å²) < 4.78 is 21.3. The first-order valence-corrected chi connectivity index (χ1v) is 7.98. The minimum absolute atomic E-state index is 0.176. The Bertz CT molecular complexity index is 574. The Morgan fingerprint density at radius 2 is 1.54 bits per heavy atom. The third-order valence-corrected chi connectivity index (χ3v) is 3.99. The van der Waals surface area contributed by atoms with Crippen molar-refractivity contribution in [2.45, 2.75) is 38.3 Å². The molecule has 1 aliphatic heterocycles. The summed E-state index contributed by atoms with van der Waals surface area (Å²) in [6, 6.07) is 6.89. The van der Waals surface area contributed by atoms with Crippen LogP contribution in [0, 0.1) is 5.92 Å². The lowest BCUT2D eigenvalue weighted by molar-refractivity contribution is -0.203. The lowest BCUT2D eigenvalue weighted by Gasteiger charge is -2.30. The zero-order valence-electron chi connectivity index (χ0n) is 14.1. The van der Waals surface area contributed by atoms with Gasteiger partial charge >= 0.3 is 11.9 Å². The normalized spacial score (nSPS) is 22.4. The Kier molecular flexibility index (Phi) is 5.85. The predicted molar refractivity (Wildman–Crippen MR) is 86.4 cm³/mol. The summed E-state index contributed by atoms with van der Waals surface area (Å²) in [6.45, 7) is 3.98. The molecular formula is C17H21ClO6. The number of rotatable bonds is 5. The molecule has 0 bridgehead atoms. The molecule has 1 aliphatic rings.